The van der Waals surface area contributed by atoms with Gasteiger partial charge in [-0.3, -0.25) is 4.18 Å². The third kappa shape index (κ3) is 2.65. The lowest BCUT2D eigenvalue weighted by molar-refractivity contribution is 0.398. The Morgan fingerprint density at radius 2 is 1.18 bits per heavy atom. The minimum atomic E-state index is -3.93. The first kappa shape index (κ1) is 17.4. The lowest BCUT2D eigenvalue weighted by Crippen LogP contribution is -2.04. The second-order valence-electron chi connectivity index (χ2n) is 6.82. The average molecular weight is 407 g/mol. The molecule has 3 nitrogen and oxygen atoms in total. The highest BCUT2D eigenvalue weighted by Gasteiger charge is 2.21. The number of hydrogen-bond acceptors (Lipinski definition) is 3. The van der Waals surface area contributed by atoms with Crippen molar-refractivity contribution in [2.45, 2.75) is 4.90 Å². The van der Waals surface area contributed by atoms with Crippen LogP contribution in [0.15, 0.2) is 77.7 Å². The number of hydrogen-bond donors (Lipinski definition) is 0. The fourth-order valence-electron chi connectivity index (χ4n) is 3.80. The van der Waals surface area contributed by atoms with E-state index in [-0.39, 0.29) is 9.92 Å². The molecule has 0 heterocycles. The Hall–Kier alpha value is -2.66. The quantitative estimate of drug-likeness (QED) is 0.255. The first-order valence-electron chi connectivity index (χ1n) is 8.75. The zero-order valence-corrected chi connectivity index (χ0v) is 16.5. The monoisotopic (exact) mass is 406 g/mol. The molecule has 0 spiro atoms. The predicted molar refractivity (Wildman–Crippen MR) is 116 cm³/mol. The van der Waals surface area contributed by atoms with Crippen molar-refractivity contribution in [3.8, 4) is 0 Å². The predicted octanol–water partition coefficient (Wildman–Crippen LogP) is 6.29. The molecule has 5 aromatic rings. The highest BCUT2D eigenvalue weighted by molar-refractivity contribution is 7.87. The van der Waals surface area contributed by atoms with Gasteiger partial charge in [0, 0.05) is 5.39 Å². The van der Waals surface area contributed by atoms with Gasteiger partial charge in [-0.15, -0.1) is 0 Å². The van der Waals surface area contributed by atoms with E-state index in [0.29, 0.717) is 5.39 Å². The fraction of sp³-hybridized carbons (Fsp3) is 0.0435. The van der Waals surface area contributed by atoms with Gasteiger partial charge in [0.05, 0.1) is 12.1 Å². The van der Waals surface area contributed by atoms with E-state index < -0.39 is 10.1 Å². The molecule has 0 atom stereocenters. The topological polar surface area (TPSA) is 43.4 Å². The summed E-state index contributed by atoms with van der Waals surface area (Å²) in [7, 11) is -2.78. The molecule has 0 bridgehead atoms. The molecule has 0 aliphatic heterocycles. The molecule has 0 saturated heterocycles. The Kier molecular flexibility index (Phi) is 3.85. The van der Waals surface area contributed by atoms with Crippen molar-refractivity contribution in [2.75, 3.05) is 7.11 Å². The fourth-order valence-corrected chi connectivity index (χ4v) is 5.17. The number of benzene rings is 5. The smallest absolute Gasteiger partial charge is 0.270 e. The SMILES string of the molecule is COS(=O)(=O)c1c(Cl)ccc2cc3cc4cc5ccccc5cc4cc3cc12. The van der Waals surface area contributed by atoms with Crippen molar-refractivity contribution < 1.29 is 12.6 Å². The van der Waals surface area contributed by atoms with Crippen LogP contribution >= 0.6 is 11.6 Å². The van der Waals surface area contributed by atoms with E-state index in [0.717, 1.165) is 34.0 Å². The highest BCUT2D eigenvalue weighted by atomic mass is 35.5. The molecular formula is C23H15ClO3S. The Morgan fingerprint density at radius 1 is 0.679 bits per heavy atom. The minimum absolute atomic E-state index is 0.00896. The normalized spacial score (nSPS) is 12.4. The largest absolute Gasteiger partial charge is 0.298 e. The van der Waals surface area contributed by atoms with Gasteiger partial charge in [-0.05, 0) is 80.2 Å². The summed E-state index contributed by atoms with van der Waals surface area (Å²) >= 11 is 6.22. The van der Waals surface area contributed by atoms with E-state index in [1.54, 1.807) is 6.07 Å². The Morgan fingerprint density at radius 3 is 1.75 bits per heavy atom. The third-order valence-corrected chi connectivity index (χ3v) is 6.97. The average Bonchev–Trinajstić information content (AvgIpc) is 2.69. The van der Waals surface area contributed by atoms with Gasteiger partial charge in [0.2, 0.25) is 0 Å². The van der Waals surface area contributed by atoms with Crippen LogP contribution in [0.1, 0.15) is 0 Å². The molecule has 0 saturated carbocycles. The molecule has 0 radical (unpaired) electrons. The van der Waals surface area contributed by atoms with E-state index in [1.807, 2.05) is 30.3 Å². The first-order valence-corrected chi connectivity index (χ1v) is 10.5. The lowest BCUT2D eigenvalue weighted by atomic mass is 9.97. The van der Waals surface area contributed by atoms with E-state index in [2.05, 4.69) is 36.4 Å². The first-order chi connectivity index (χ1) is 13.5. The van der Waals surface area contributed by atoms with Crippen molar-refractivity contribution in [1.29, 1.82) is 0 Å². The van der Waals surface area contributed by atoms with Crippen molar-refractivity contribution >= 4 is 64.8 Å². The molecule has 0 aliphatic rings. The maximum absolute atomic E-state index is 12.4. The summed E-state index contributed by atoms with van der Waals surface area (Å²) in [6, 6.07) is 24.1. The van der Waals surface area contributed by atoms with Crippen LogP contribution in [-0.2, 0) is 14.3 Å². The molecule has 5 rings (SSSR count). The van der Waals surface area contributed by atoms with E-state index >= 15 is 0 Å². The number of halogens is 1. The molecule has 0 amide bonds. The van der Waals surface area contributed by atoms with E-state index in [9.17, 15) is 8.42 Å². The Balaban J connectivity index is 1.89. The zero-order chi connectivity index (χ0) is 19.5. The summed E-state index contributed by atoms with van der Waals surface area (Å²) in [6.45, 7) is 0. The molecule has 0 aromatic heterocycles. The van der Waals surface area contributed by atoms with Gasteiger partial charge in [0.15, 0.2) is 0 Å². The van der Waals surface area contributed by atoms with Crippen LogP contribution in [0.5, 0.6) is 0 Å². The number of rotatable bonds is 2. The Bertz CT molecular complexity index is 1520. The summed E-state index contributed by atoms with van der Waals surface area (Å²) in [5, 5.41) is 8.10. The molecular weight excluding hydrogens is 392 g/mol. The van der Waals surface area contributed by atoms with E-state index in [1.165, 1.54) is 10.8 Å². The summed E-state index contributed by atoms with van der Waals surface area (Å²) in [4.78, 5) is 0.00896. The zero-order valence-electron chi connectivity index (χ0n) is 14.9. The van der Waals surface area contributed by atoms with Crippen molar-refractivity contribution in [1.82, 2.24) is 0 Å². The lowest BCUT2D eigenvalue weighted by Gasteiger charge is -2.11. The maximum Gasteiger partial charge on any atom is 0.298 e. The van der Waals surface area contributed by atoms with Gasteiger partial charge >= 0.3 is 0 Å². The number of fused-ring (bicyclic) bond motifs is 4. The second kappa shape index (κ2) is 6.17. The maximum atomic E-state index is 12.4. The third-order valence-electron chi connectivity index (χ3n) is 5.17. The van der Waals surface area contributed by atoms with Crippen LogP contribution in [0, 0.1) is 0 Å². The molecule has 5 aromatic carbocycles. The van der Waals surface area contributed by atoms with Crippen LogP contribution in [0.3, 0.4) is 0 Å². The van der Waals surface area contributed by atoms with Crippen LogP contribution in [-0.4, -0.2) is 15.5 Å². The van der Waals surface area contributed by atoms with Gasteiger partial charge in [0.1, 0.15) is 4.90 Å². The van der Waals surface area contributed by atoms with Gasteiger partial charge < -0.3 is 0 Å². The molecule has 5 heteroatoms. The van der Waals surface area contributed by atoms with Crippen molar-refractivity contribution in [3.05, 3.63) is 77.8 Å². The summed E-state index contributed by atoms with van der Waals surface area (Å²) in [6.07, 6.45) is 0. The summed E-state index contributed by atoms with van der Waals surface area (Å²) < 4.78 is 29.6. The van der Waals surface area contributed by atoms with Gasteiger partial charge in [-0.2, -0.15) is 8.42 Å². The van der Waals surface area contributed by atoms with Crippen molar-refractivity contribution in [3.63, 3.8) is 0 Å². The van der Waals surface area contributed by atoms with Crippen LogP contribution in [0.4, 0.5) is 0 Å². The molecule has 0 N–H and O–H groups in total. The van der Waals surface area contributed by atoms with Gasteiger partial charge in [-0.25, -0.2) is 0 Å². The van der Waals surface area contributed by atoms with Crippen LogP contribution < -0.4 is 0 Å². The summed E-state index contributed by atoms with van der Waals surface area (Å²) in [5.74, 6) is 0. The van der Waals surface area contributed by atoms with Gasteiger partial charge in [0.25, 0.3) is 10.1 Å². The van der Waals surface area contributed by atoms with Crippen LogP contribution in [0.25, 0.3) is 43.1 Å². The molecule has 138 valence electrons. The highest BCUT2D eigenvalue weighted by Crippen LogP contribution is 2.35. The van der Waals surface area contributed by atoms with Crippen molar-refractivity contribution in [2.24, 2.45) is 0 Å². The molecule has 0 fully saturated rings. The minimum Gasteiger partial charge on any atom is -0.270 e. The van der Waals surface area contributed by atoms with E-state index in [4.69, 9.17) is 15.8 Å². The Labute approximate surface area is 167 Å². The van der Waals surface area contributed by atoms with Crippen LogP contribution in [0.2, 0.25) is 5.02 Å². The standard InChI is InChI=1S/C23H15ClO3S/c1-27-28(25,26)23-21-13-20-12-18-9-15-5-3-2-4-14(15)8-17(18)11-19(20)10-16(21)6-7-22(23)24/h2-13H,1H3. The molecule has 0 aliphatic carbocycles. The molecule has 0 unspecified atom stereocenters. The van der Waals surface area contributed by atoms with Gasteiger partial charge in [-0.1, -0.05) is 41.9 Å². The molecule has 28 heavy (non-hydrogen) atoms. The summed E-state index contributed by atoms with van der Waals surface area (Å²) in [5.41, 5.74) is 0. The second-order valence-corrected chi connectivity index (χ2v) is 8.87.